The fourth-order valence-electron chi connectivity index (χ4n) is 4.31. The van der Waals surface area contributed by atoms with Crippen LogP contribution >= 0.6 is 0 Å². The van der Waals surface area contributed by atoms with E-state index < -0.39 is 30.1 Å². The van der Waals surface area contributed by atoms with Gasteiger partial charge in [-0.1, -0.05) is 72.8 Å². The molecule has 0 radical (unpaired) electrons. The molecule has 0 bridgehead atoms. The van der Waals surface area contributed by atoms with Gasteiger partial charge in [0.1, 0.15) is 24.4 Å². The van der Waals surface area contributed by atoms with Gasteiger partial charge in [0.25, 0.3) is 0 Å². The Morgan fingerprint density at radius 2 is 1.64 bits per heavy atom. The number of nitrogens with one attached hydrogen (secondary N) is 1. The third-order valence-electron chi connectivity index (χ3n) is 6.22. The number of hydrogen-bond acceptors (Lipinski definition) is 5. The van der Waals surface area contributed by atoms with Gasteiger partial charge in [0.15, 0.2) is 0 Å². The molecule has 0 aliphatic carbocycles. The van der Waals surface area contributed by atoms with E-state index in [0.717, 1.165) is 16.7 Å². The number of amides is 2. The normalized spacial score (nSPS) is 15.4. The first-order valence-corrected chi connectivity index (χ1v) is 11.7. The second kappa shape index (κ2) is 11.4. The van der Waals surface area contributed by atoms with Crippen molar-refractivity contribution in [3.8, 4) is 5.75 Å². The first kappa shape index (κ1) is 24.8. The Kier molecular flexibility index (Phi) is 7.85. The minimum absolute atomic E-state index is 0.0346. The van der Waals surface area contributed by atoms with Crippen LogP contribution in [-0.4, -0.2) is 47.2 Å². The summed E-state index contributed by atoms with van der Waals surface area (Å²) in [5.74, 6) is -1.19. The number of carboxylic acid groups (broad SMARTS) is 1. The van der Waals surface area contributed by atoms with E-state index in [1.807, 2.05) is 54.6 Å². The molecule has 36 heavy (non-hydrogen) atoms. The number of hydrogen-bond donors (Lipinski definition) is 2. The average molecular weight is 489 g/mol. The lowest BCUT2D eigenvalue weighted by molar-refractivity contribution is -0.142. The molecule has 0 saturated heterocycles. The van der Waals surface area contributed by atoms with Crippen LogP contribution in [0.15, 0.2) is 78.9 Å². The van der Waals surface area contributed by atoms with Gasteiger partial charge in [0, 0.05) is 12.8 Å². The largest absolute Gasteiger partial charge is 0.496 e. The zero-order valence-electron chi connectivity index (χ0n) is 19.9. The maximum absolute atomic E-state index is 13.4. The highest BCUT2D eigenvalue weighted by molar-refractivity contribution is 5.90. The SMILES string of the molecule is COc1ccccc1C[C@@H](NC(=O)[C@@H]1Cc2ccccc2CN1C(=O)OCc1ccccc1)C(=O)O. The molecule has 2 amide bonds. The standard InChI is InChI=1S/C28H28N2O6/c1-35-25-14-8-7-12-21(25)15-23(27(32)33)29-26(31)24-16-20-11-5-6-13-22(20)17-30(24)28(34)36-18-19-9-3-2-4-10-19/h2-14,23-24H,15-18H2,1H3,(H,29,31)(H,32,33)/t23-,24+/m1/s1. The predicted octanol–water partition coefficient (Wildman–Crippen LogP) is 3.57. The van der Waals surface area contributed by atoms with Gasteiger partial charge in [-0.3, -0.25) is 9.69 Å². The summed E-state index contributed by atoms with van der Waals surface area (Å²) in [6, 6.07) is 21.8. The van der Waals surface area contributed by atoms with Crippen LogP contribution in [0.5, 0.6) is 5.75 Å². The quantitative estimate of drug-likeness (QED) is 0.502. The van der Waals surface area contributed by atoms with E-state index in [2.05, 4.69) is 5.32 Å². The Morgan fingerprint density at radius 3 is 2.36 bits per heavy atom. The van der Waals surface area contributed by atoms with Gasteiger partial charge < -0.3 is 19.9 Å². The summed E-state index contributed by atoms with van der Waals surface area (Å²) in [7, 11) is 1.51. The number of carboxylic acids is 1. The molecule has 1 aliphatic heterocycles. The van der Waals surface area contributed by atoms with Gasteiger partial charge in [-0.25, -0.2) is 9.59 Å². The minimum Gasteiger partial charge on any atom is -0.496 e. The van der Waals surface area contributed by atoms with Gasteiger partial charge in [0.2, 0.25) is 5.91 Å². The van der Waals surface area contributed by atoms with Crippen molar-refractivity contribution in [2.24, 2.45) is 0 Å². The van der Waals surface area contributed by atoms with E-state index in [-0.39, 0.29) is 26.0 Å². The third-order valence-corrected chi connectivity index (χ3v) is 6.22. The first-order chi connectivity index (χ1) is 17.5. The van der Waals surface area contributed by atoms with Crippen LogP contribution in [0.4, 0.5) is 4.79 Å². The Balaban J connectivity index is 1.53. The molecular formula is C28H28N2O6. The van der Waals surface area contributed by atoms with Crippen molar-refractivity contribution in [2.45, 2.75) is 38.1 Å². The zero-order valence-corrected chi connectivity index (χ0v) is 19.9. The van der Waals surface area contributed by atoms with Crippen LogP contribution in [-0.2, 0) is 40.3 Å². The summed E-state index contributed by atoms with van der Waals surface area (Å²) < 4.78 is 10.8. The molecule has 4 rings (SSSR count). The molecule has 0 aromatic heterocycles. The van der Waals surface area contributed by atoms with Gasteiger partial charge in [-0.15, -0.1) is 0 Å². The van der Waals surface area contributed by atoms with Crippen molar-refractivity contribution in [3.05, 3.63) is 101 Å². The van der Waals surface area contributed by atoms with Crippen molar-refractivity contribution < 1.29 is 29.0 Å². The first-order valence-electron chi connectivity index (χ1n) is 11.7. The number of nitrogens with zero attached hydrogens (tertiary/aromatic N) is 1. The zero-order chi connectivity index (χ0) is 25.5. The Morgan fingerprint density at radius 1 is 0.972 bits per heavy atom. The summed E-state index contributed by atoms with van der Waals surface area (Å²) in [6.07, 6.45) is -0.346. The molecule has 8 heteroatoms. The maximum atomic E-state index is 13.4. The smallest absolute Gasteiger partial charge is 0.411 e. The van der Waals surface area contributed by atoms with Crippen LogP contribution in [0.25, 0.3) is 0 Å². The summed E-state index contributed by atoms with van der Waals surface area (Å²) in [4.78, 5) is 39.9. The fraction of sp³-hybridized carbons (Fsp3) is 0.250. The van der Waals surface area contributed by atoms with Crippen molar-refractivity contribution in [1.82, 2.24) is 10.2 Å². The van der Waals surface area contributed by atoms with Crippen LogP contribution < -0.4 is 10.1 Å². The van der Waals surface area contributed by atoms with Crippen LogP contribution in [0.3, 0.4) is 0 Å². The lowest BCUT2D eigenvalue weighted by Gasteiger charge is -2.35. The number of aliphatic carboxylic acids is 1. The molecular weight excluding hydrogens is 460 g/mol. The highest BCUT2D eigenvalue weighted by atomic mass is 16.6. The molecule has 0 spiro atoms. The topological polar surface area (TPSA) is 105 Å². The highest BCUT2D eigenvalue weighted by Gasteiger charge is 2.37. The highest BCUT2D eigenvalue weighted by Crippen LogP contribution is 2.25. The number of para-hydroxylation sites is 1. The summed E-state index contributed by atoms with van der Waals surface area (Å²) in [5.41, 5.74) is 3.33. The number of carbonyl (C=O) groups is 3. The fourth-order valence-corrected chi connectivity index (χ4v) is 4.31. The van der Waals surface area contributed by atoms with E-state index in [1.54, 1.807) is 24.3 Å². The molecule has 1 heterocycles. The summed E-state index contributed by atoms with van der Waals surface area (Å²) in [6.45, 7) is 0.254. The number of methoxy groups -OCH3 is 1. The van der Waals surface area contributed by atoms with Gasteiger partial charge in [-0.2, -0.15) is 0 Å². The number of ether oxygens (including phenoxy) is 2. The van der Waals surface area contributed by atoms with E-state index in [4.69, 9.17) is 9.47 Å². The van der Waals surface area contributed by atoms with Gasteiger partial charge >= 0.3 is 12.1 Å². The average Bonchev–Trinajstić information content (AvgIpc) is 2.91. The van der Waals surface area contributed by atoms with E-state index in [0.29, 0.717) is 11.3 Å². The van der Waals surface area contributed by atoms with Crippen LogP contribution in [0.2, 0.25) is 0 Å². The van der Waals surface area contributed by atoms with E-state index >= 15 is 0 Å². The Bertz CT molecular complexity index is 1230. The molecule has 2 atom stereocenters. The minimum atomic E-state index is -1.20. The van der Waals surface area contributed by atoms with E-state index in [9.17, 15) is 19.5 Å². The Hall–Kier alpha value is -4.33. The third kappa shape index (κ3) is 5.83. The maximum Gasteiger partial charge on any atom is 0.411 e. The van der Waals surface area contributed by atoms with Crippen LogP contribution in [0, 0.1) is 0 Å². The number of fused-ring (bicyclic) bond motifs is 1. The van der Waals surface area contributed by atoms with Gasteiger partial charge in [-0.05, 0) is 28.3 Å². The summed E-state index contributed by atoms with van der Waals surface area (Å²) >= 11 is 0. The molecule has 3 aromatic carbocycles. The molecule has 1 aliphatic rings. The number of rotatable bonds is 8. The van der Waals surface area contributed by atoms with Crippen LogP contribution in [0.1, 0.15) is 22.3 Å². The number of carbonyl (C=O) groups excluding carboxylic acids is 2. The van der Waals surface area contributed by atoms with Crippen molar-refractivity contribution >= 4 is 18.0 Å². The Labute approximate surface area is 209 Å². The van der Waals surface area contributed by atoms with Gasteiger partial charge in [0.05, 0.1) is 13.7 Å². The molecule has 0 unspecified atom stereocenters. The number of benzene rings is 3. The second-order valence-corrected chi connectivity index (χ2v) is 8.57. The monoisotopic (exact) mass is 488 g/mol. The summed E-state index contributed by atoms with van der Waals surface area (Å²) in [5, 5.41) is 12.5. The molecule has 0 fully saturated rings. The predicted molar refractivity (Wildman–Crippen MR) is 132 cm³/mol. The van der Waals surface area contributed by atoms with Crippen molar-refractivity contribution in [3.63, 3.8) is 0 Å². The lowest BCUT2D eigenvalue weighted by Crippen LogP contribution is -2.56. The van der Waals surface area contributed by atoms with Crippen molar-refractivity contribution in [1.29, 1.82) is 0 Å². The molecule has 186 valence electrons. The molecule has 0 saturated carbocycles. The molecule has 8 nitrogen and oxygen atoms in total. The lowest BCUT2D eigenvalue weighted by atomic mass is 9.93. The molecule has 2 N–H and O–H groups in total. The van der Waals surface area contributed by atoms with Crippen molar-refractivity contribution in [2.75, 3.05) is 7.11 Å². The molecule has 3 aromatic rings. The second-order valence-electron chi connectivity index (χ2n) is 8.57. The van der Waals surface area contributed by atoms with E-state index in [1.165, 1.54) is 12.0 Å².